The summed E-state index contributed by atoms with van der Waals surface area (Å²) in [6.07, 6.45) is 0. The van der Waals surface area contributed by atoms with Gasteiger partial charge in [0.05, 0.1) is 11.3 Å². The Kier molecular flexibility index (Phi) is 7.29. The number of rotatable bonds is 5. The number of hydrogen-bond donors (Lipinski definition) is 1. The first kappa shape index (κ1) is 24.5. The van der Waals surface area contributed by atoms with E-state index < -0.39 is 0 Å². The maximum atomic E-state index is 12.7. The Morgan fingerprint density at radius 3 is 2.15 bits per heavy atom. The molecule has 0 unspecified atom stereocenters. The summed E-state index contributed by atoms with van der Waals surface area (Å²) in [5.41, 5.74) is 5.05. The van der Waals surface area contributed by atoms with Gasteiger partial charge in [-0.1, -0.05) is 95.8 Å². The summed E-state index contributed by atoms with van der Waals surface area (Å²) in [6, 6.07) is 22.1. The molecule has 0 aliphatic rings. The lowest BCUT2D eigenvalue weighted by Gasteiger charge is -2.21. The summed E-state index contributed by atoms with van der Waals surface area (Å²) in [5, 5.41) is 13.5. The van der Waals surface area contributed by atoms with E-state index in [4.69, 9.17) is 4.98 Å². The second-order valence-electron chi connectivity index (χ2n) is 10.1. The highest BCUT2D eigenvalue weighted by molar-refractivity contribution is 8.00. The standard InChI is InChI=1S/C28H31N3OS/c1-27(2,3)20-12-14-21(15-13-20)30-25(32)18-33-26-23(17-29)22(19-10-8-7-9-11-19)16-24(31-26)28(4,5)6/h7-16H,18H2,1-6H3,(H,30,32). The fraction of sp³-hybridized carbons (Fsp3) is 0.321. The molecule has 0 radical (unpaired) electrons. The molecule has 0 fully saturated rings. The van der Waals surface area contributed by atoms with Crippen molar-refractivity contribution in [2.75, 3.05) is 11.1 Å². The zero-order chi connectivity index (χ0) is 24.2. The number of carbonyl (C=O) groups is 1. The number of pyridine rings is 1. The van der Waals surface area contributed by atoms with Crippen molar-refractivity contribution in [1.29, 1.82) is 5.26 Å². The number of amides is 1. The van der Waals surface area contributed by atoms with E-state index in [1.165, 1.54) is 17.3 Å². The predicted octanol–water partition coefficient (Wildman–Crippen LogP) is 6.95. The highest BCUT2D eigenvalue weighted by Gasteiger charge is 2.22. The molecule has 0 aliphatic heterocycles. The summed E-state index contributed by atoms with van der Waals surface area (Å²) < 4.78 is 0. The highest BCUT2D eigenvalue weighted by Crippen LogP contribution is 2.34. The minimum absolute atomic E-state index is 0.0618. The summed E-state index contributed by atoms with van der Waals surface area (Å²) in [6.45, 7) is 12.8. The van der Waals surface area contributed by atoms with Crippen molar-refractivity contribution in [3.63, 3.8) is 0 Å². The molecule has 0 spiro atoms. The molecule has 3 aromatic rings. The molecule has 0 aliphatic carbocycles. The Morgan fingerprint density at radius 2 is 1.61 bits per heavy atom. The minimum Gasteiger partial charge on any atom is -0.325 e. The van der Waals surface area contributed by atoms with E-state index >= 15 is 0 Å². The summed E-state index contributed by atoms with van der Waals surface area (Å²) in [5.74, 6) is 0.0430. The average Bonchev–Trinajstić information content (AvgIpc) is 2.76. The Balaban J connectivity index is 1.84. The third-order valence-corrected chi connectivity index (χ3v) is 6.30. The van der Waals surface area contributed by atoms with Gasteiger partial charge in [0, 0.05) is 22.4 Å². The molecule has 1 N–H and O–H groups in total. The number of carbonyl (C=O) groups excluding carboxylic acids is 1. The van der Waals surface area contributed by atoms with Crippen LogP contribution >= 0.6 is 11.8 Å². The smallest absolute Gasteiger partial charge is 0.234 e. The van der Waals surface area contributed by atoms with Crippen LogP contribution in [0.4, 0.5) is 5.69 Å². The second kappa shape index (κ2) is 9.80. The van der Waals surface area contributed by atoms with Crippen LogP contribution in [-0.4, -0.2) is 16.6 Å². The number of hydrogen-bond acceptors (Lipinski definition) is 4. The van der Waals surface area contributed by atoms with E-state index in [0.717, 1.165) is 22.5 Å². The molecule has 33 heavy (non-hydrogen) atoms. The molecular weight excluding hydrogens is 426 g/mol. The minimum atomic E-state index is -0.191. The Morgan fingerprint density at radius 1 is 0.970 bits per heavy atom. The summed E-state index contributed by atoms with van der Waals surface area (Å²) in [4.78, 5) is 17.4. The molecular formula is C28H31N3OS. The first-order valence-corrected chi connectivity index (χ1v) is 12.0. The summed E-state index contributed by atoms with van der Waals surface area (Å²) >= 11 is 1.30. The normalized spacial score (nSPS) is 11.7. The SMILES string of the molecule is CC(C)(C)c1ccc(NC(=O)CSc2nc(C(C)(C)C)cc(-c3ccccc3)c2C#N)cc1. The van der Waals surface area contributed by atoms with E-state index in [-0.39, 0.29) is 22.5 Å². The second-order valence-corrected chi connectivity index (χ2v) is 11.1. The van der Waals surface area contributed by atoms with Gasteiger partial charge in [0.1, 0.15) is 11.1 Å². The van der Waals surface area contributed by atoms with Crippen LogP contribution in [0.3, 0.4) is 0 Å². The number of nitriles is 1. The number of thioether (sulfide) groups is 1. The highest BCUT2D eigenvalue weighted by atomic mass is 32.2. The van der Waals surface area contributed by atoms with Crippen molar-refractivity contribution in [3.05, 3.63) is 77.5 Å². The van der Waals surface area contributed by atoms with Crippen molar-refractivity contribution in [2.45, 2.75) is 57.4 Å². The Hall–Kier alpha value is -3.10. The topological polar surface area (TPSA) is 65.8 Å². The van der Waals surface area contributed by atoms with Gasteiger partial charge < -0.3 is 5.32 Å². The molecule has 0 atom stereocenters. The lowest BCUT2D eigenvalue weighted by atomic mass is 9.87. The summed E-state index contributed by atoms with van der Waals surface area (Å²) in [7, 11) is 0. The molecule has 2 aromatic carbocycles. The van der Waals surface area contributed by atoms with Crippen molar-refractivity contribution in [2.24, 2.45) is 0 Å². The third-order valence-electron chi connectivity index (χ3n) is 5.33. The van der Waals surface area contributed by atoms with Gasteiger partial charge in [-0.3, -0.25) is 4.79 Å². The van der Waals surface area contributed by atoms with Gasteiger partial charge in [0.2, 0.25) is 5.91 Å². The van der Waals surface area contributed by atoms with Gasteiger partial charge in [-0.25, -0.2) is 4.98 Å². The molecule has 0 saturated carbocycles. The first-order valence-electron chi connectivity index (χ1n) is 11.0. The van der Waals surface area contributed by atoms with Gasteiger partial charge in [-0.15, -0.1) is 0 Å². The number of nitrogens with one attached hydrogen (secondary N) is 1. The van der Waals surface area contributed by atoms with Crippen LogP contribution in [0, 0.1) is 11.3 Å². The molecule has 1 amide bonds. The molecule has 5 heteroatoms. The lowest BCUT2D eigenvalue weighted by Crippen LogP contribution is -2.17. The van der Waals surface area contributed by atoms with Crippen LogP contribution in [0.5, 0.6) is 0 Å². The van der Waals surface area contributed by atoms with Gasteiger partial charge in [-0.2, -0.15) is 5.26 Å². The zero-order valence-electron chi connectivity index (χ0n) is 20.2. The van der Waals surface area contributed by atoms with E-state index in [9.17, 15) is 10.1 Å². The van der Waals surface area contributed by atoms with Crippen LogP contribution in [0.15, 0.2) is 65.7 Å². The van der Waals surface area contributed by atoms with Crippen LogP contribution in [0.1, 0.15) is 58.4 Å². The molecule has 0 bridgehead atoms. The number of anilines is 1. The molecule has 0 saturated heterocycles. The number of benzene rings is 2. The van der Waals surface area contributed by atoms with Crippen LogP contribution in [0.2, 0.25) is 0 Å². The molecule has 1 heterocycles. The van der Waals surface area contributed by atoms with Crippen LogP contribution in [0.25, 0.3) is 11.1 Å². The molecule has 3 rings (SSSR count). The van der Waals surface area contributed by atoms with Crippen LogP contribution in [-0.2, 0) is 15.6 Å². The number of nitrogens with zero attached hydrogens (tertiary/aromatic N) is 2. The van der Waals surface area contributed by atoms with E-state index in [2.05, 4.69) is 52.9 Å². The largest absolute Gasteiger partial charge is 0.325 e. The molecule has 1 aromatic heterocycles. The average molecular weight is 458 g/mol. The zero-order valence-corrected chi connectivity index (χ0v) is 21.0. The van der Waals surface area contributed by atoms with Crippen molar-refractivity contribution in [1.82, 2.24) is 4.98 Å². The van der Waals surface area contributed by atoms with Gasteiger partial charge >= 0.3 is 0 Å². The monoisotopic (exact) mass is 457 g/mol. The third kappa shape index (κ3) is 6.24. The fourth-order valence-electron chi connectivity index (χ4n) is 3.35. The predicted molar refractivity (Wildman–Crippen MR) is 138 cm³/mol. The van der Waals surface area contributed by atoms with Crippen molar-refractivity contribution in [3.8, 4) is 17.2 Å². The molecule has 4 nitrogen and oxygen atoms in total. The van der Waals surface area contributed by atoms with Crippen molar-refractivity contribution < 1.29 is 4.79 Å². The first-order chi connectivity index (χ1) is 15.5. The van der Waals surface area contributed by atoms with E-state index in [1.54, 1.807) is 0 Å². The van der Waals surface area contributed by atoms with Gasteiger partial charge in [-0.05, 0) is 34.7 Å². The maximum Gasteiger partial charge on any atom is 0.234 e. The lowest BCUT2D eigenvalue weighted by molar-refractivity contribution is -0.113. The fourth-order valence-corrected chi connectivity index (χ4v) is 4.15. The van der Waals surface area contributed by atoms with Gasteiger partial charge in [0.15, 0.2) is 0 Å². The Labute approximate surface area is 201 Å². The van der Waals surface area contributed by atoms with Crippen LogP contribution < -0.4 is 5.32 Å². The van der Waals surface area contributed by atoms with Gasteiger partial charge in [0.25, 0.3) is 0 Å². The van der Waals surface area contributed by atoms with E-state index in [0.29, 0.717) is 10.6 Å². The number of aromatic nitrogens is 1. The molecule has 170 valence electrons. The van der Waals surface area contributed by atoms with E-state index in [1.807, 2.05) is 60.7 Å². The maximum absolute atomic E-state index is 12.7. The quantitative estimate of drug-likeness (QED) is 0.421. The Bertz CT molecular complexity index is 1170. The van der Waals surface area contributed by atoms with Crippen molar-refractivity contribution >= 4 is 23.4 Å².